The van der Waals surface area contributed by atoms with Crippen molar-refractivity contribution in [2.24, 2.45) is 14.1 Å². The van der Waals surface area contributed by atoms with Crippen LogP contribution >= 0.6 is 0 Å². The molecule has 0 amide bonds. The van der Waals surface area contributed by atoms with Crippen molar-refractivity contribution < 1.29 is 9.90 Å². The normalized spacial score (nSPS) is 10.4. The Kier molecular flexibility index (Phi) is 3.62. The van der Waals surface area contributed by atoms with Crippen molar-refractivity contribution in [2.45, 2.75) is 6.54 Å². The fourth-order valence-corrected chi connectivity index (χ4v) is 1.31. The van der Waals surface area contributed by atoms with Gasteiger partial charge >= 0.3 is 11.7 Å². The zero-order valence-corrected chi connectivity index (χ0v) is 9.06. The van der Waals surface area contributed by atoms with Crippen LogP contribution in [0.15, 0.2) is 15.8 Å². The van der Waals surface area contributed by atoms with Crippen LogP contribution in [0.4, 0.5) is 0 Å². The van der Waals surface area contributed by atoms with Crippen molar-refractivity contribution in [3.8, 4) is 0 Å². The van der Waals surface area contributed by atoms with Gasteiger partial charge in [0.05, 0.1) is 6.54 Å². The summed E-state index contributed by atoms with van der Waals surface area (Å²) in [5.41, 5.74) is -0.473. The molecule has 0 bridgehead atoms. The molecule has 0 unspecified atom stereocenters. The Morgan fingerprint density at radius 2 is 2.06 bits per heavy atom. The lowest BCUT2D eigenvalue weighted by atomic mass is 10.3. The van der Waals surface area contributed by atoms with Crippen molar-refractivity contribution in [2.75, 3.05) is 6.54 Å². The maximum Gasteiger partial charge on any atom is 0.330 e. The van der Waals surface area contributed by atoms with E-state index in [0.717, 1.165) is 4.57 Å². The molecule has 0 aliphatic heterocycles. The van der Waals surface area contributed by atoms with Crippen LogP contribution in [0.5, 0.6) is 0 Å². The predicted octanol–water partition coefficient (Wildman–Crippen LogP) is -1.74. The van der Waals surface area contributed by atoms with E-state index in [-0.39, 0.29) is 13.1 Å². The molecule has 0 saturated carbocycles. The van der Waals surface area contributed by atoms with Gasteiger partial charge < -0.3 is 15.0 Å². The molecule has 16 heavy (non-hydrogen) atoms. The number of carboxylic acid groups (broad SMARTS) is 1. The number of aryl methyl sites for hydroxylation is 1. The molecule has 7 nitrogen and oxygen atoms in total. The topological polar surface area (TPSA) is 93.3 Å². The van der Waals surface area contributed by atoms with Crippen LogP contribution in [0.3, 0.4) is 0 Å². The van der Waals surface area contributed by atoms with Gasteiger partial charge in [-0.25, -0.2) is 4.79 Å². The van der Waals surface area contributed by atoms with Gasteiger partial charge in [0.15, 0.2) is 0 Å². The summed E-state index contributed by atoms with van der Waals surface area (Å²) in [5, 5.41) is 11.0. The zero-order chi connectivity index (χ0) is 12.3. The van der Waals surface area contributed by atoms with E-state index in [1.54, 1.807) is 0 Å². The maximum absolute atomic E-state index is 11.6. The fraction of sp³-hybridized carbons (Fsp3) is 0.444. The van der Waals surface area contributed by atoms with E-state index in [2.05, 4.69) is 5.32 Å². The molecule has 0 radical (unpaired) electrons. The number of carbonyl (C=O) groups is 1. The molecule has 1 aromatic heterocycles. The van der Waals surface area contributed by atoms with Crippen molar-refractivity contribution in [1.82, 2.24) is 14.5 Å². The minimum absolute atomic E-state index is 0.118. The molecule has 0 saturated heterocycles. The first kappa shape index (κ1) is 12.2. The van der Waals surface area contributed by atoms with Gasteiger partial charge in [0, 0.05) is 32.4 Å². The van der Waals surface area contributed by atoms with Gasteiger partial charge in [-0.15, -0.1) is 0 Å². The number of nitrogens with zero attached hydrogens (tertiary/aromatic N) is 2. The van der Waals surface area contributed by atoms with E-state index >= 15 is 0 Å². The Labute approximate surface area is 90.9 Å². The van der Waals surface area contributed by atoms with E-state index in [9.17, 15) is 14.4 Å². The van der Waals surface area contributed by atoms with Crippen LogP contribution < -0.4 is 16.6 Å². The number of aromatic nitrogens is 2. The Morgan fingerprint density at radius 1 is 1.44 bits per heavy atom. The summed E-state index contributed by atoms with van der Waals surface area (Å²) < 4.78 is 2.26. The average Bonchev–Trinajstić information content (AvgIpc) is 2.22. The average molecular weight is 227 g/mol. The number of nitrogens with one attached hydrogen (secondary N) is 1. The second kappa shape index (κ2) is 4.75. The molecule has 1 aromatic rings. The van der Waals surface area contributed by atoms with Gasteiger partial charge in [0.25, 0.3) is 5.56 Å². The molecule has 0 atom stereocenters. The summed E-state index contributed by atoms with van der Waals surface area (Å²) in [6.07, 6.45) is 1.40. The highest BCUT2D eigenvalue weighted by Gasteiger charge is 2.06. The van der Waals surface area contributed by atoms with E-state index in [1.165, 1.54) is 24.9 Å². The highest BCUT2D eigenvalue weighted by atomic mass is 16.4. The molecule has 2 N–H and O–H groups in total. The molecular formula is C9H13N3O4. The van der Waals surface area contributed by atoms with Crippen molar-refractivity contribution in [3.63, 3.8) is 0 Å². The Hall–Kier alpha value is -1.89. The molecule has 0 spiro atoms. The smallest absolute Gasteiger partial charge is 0.330 e. The summed E-state index contributed by atoms with van der Waals surface area (Å²) in [4.78, 5) is 33.2. The summed E-state index contributed by atoms with van der Waals surface area (Å²) in [5.74, 6) is -0.998. The molecule has 7 heteroatoms. The van der Waals surface area contributed by atoms with Gasteiger partial charge in [-0.3, -0.25) is 14.2 Å². The quantitative estimate of drug-likeness (QED) is 0.636. The van der Waals surface area contributed by atoms with Crippen LogP contribution in [0.25, 0.3) is 0 Å². The van der Waals surface area contributed by atoms with Crippen LogP contribution in [0, 0.1) is 0 Å². The highest BCUT2D eigenvalue weighted by Crippen LogP contribution is 1.86. The third-order valence-corrected chi connectivity index (χ3v) is 2.11. The lowest BCUT2D eigenvalue weighted by Crippen LogP contribution is -2.39. The molecule has 1 rings (SSSR count). The van der Waals surface area contributed by atoms with Gasteiger partial charge in [0.1, 0.15) is 0 Å². The van der Waals surface area contributed by atoms with Crippen LogP contribution in [-0.2, 0) is 25.4 Å². The molecule has 0 aromatic carbocycles. The summed E-state index contributed by atoms with van der Waals surface area (Å²) in [6.45, 7) is -0.112. The largest absolute Gasteiger partial charge is 0.480 e. The van der Waals surface area contributed by atoms with Crippen LogP contribution in [-0.4, -0.2) is 26.8 Å². The van der Waals surface area contributed by atoms with Crippen LogP contribution in [0.2, 0.25) is 0 Å². The van der Waals surface area contributed by atoms with Crippen LogP contribution in [0.1, 0.15) is 5.56 Å². The first-order chi connectivity index (χ1) is 7.43. The SMILES string of the molecule is Cn1cc(CNCC(=O)O)c(=O)n(C)c1=O. The van der Waals surface area contributed by atoms with E-state index in [4.69, 9.17) is 5.11 Å². The van der Waals surface area contributed by atoms with E-state index in [1.807, 2.05) is 0 Å². The third kappa shape index (κ3) is 2.57. The highest BCUT2D eigenvalue weighted by molar-refractivity contribution is 5.68. The van der Waals surface area contributed by atoms with Crippen molar-refractivity contribution >= 4 is 5.97 Å². The minimum atomic E-state index is -0.998. The summed E-state index contributed by atoms with van der Waals surface area (Å²) in [7, 11) is 2.91. The van der Waals surface area contributed by atoms with Crippen molar-refractivity contribution in [3.05, 3.63) is 32.6 Å². The molecule has 1 heterocycles. The first-order valence-electron chi connectivity index (χ1n) is 4.61. The second-order valence-corrected chi connectivity index (χ2v) is 3.41. The molecule has 0 aliphatic carbocycles. The molecule has 0 aliphatic rings. The van der Waals surface area contributed by atoms with E-state index < -0.39 is 17.2 Å². The first-order valence-corrected chi connectivity index (χ1v) is 4.61. The number of rotatable bonds is 4. The molecular weight excluding hydrogens is 214 g/mol. The van der Waals surface area contributed by atoms with Gasteiger partial charge in [-0.1, -0.05) is 0 Å². The van der Waals surface area contributed by atoms with Crippen molar-refractivity contribution in [1.29, 1.82) is 0 Å². The summed E-state index contributed by atoms with van der Waals surface area (Å²) in [6, 6.07) is 0. The Morgan fingerprint density at radius 3 is 2.62 bits per heavy atom. The second-order valence-electron chi connectivity index (χ2n) is 3.41. The predicted molar refractivity (Wildman–Crippen MR) is 56.3 cm³/mol. The number of hydrogen-bond acceptors (Lipinski definition) is 4. The standard InChI is InChI=1S/C9H13N3O4/c1-11-5-6(3-10-4-7(13)14)8(15)12(2)9(11)16/h5,10H,3-4H2,1-2H3,(H,13,14). The summed E-state index contributed by atoms with van der Waals surface area (Å²) >= 11 is 0. The molecule has 88 valence electrons. The van der Waals surface area contributed by atoms with Gasteiger partial charge in [-0.05, 0) is 0 Å². The Bertz CT molecular complexity index is 514. The van der Waals surface area contributed by atoms with Gasteiger partial charge in [0.2, 0.25) is 0 Å². The fourth-order valence-electron chi connectivity index (χ4n) is 1.31. The minimum Gasteiger partial charge on any atom is -0.480 e. The third-order valence-electron chi connectivity index (χ3n) is 2.11. The van der Waals surface area contributed by atoms with E-state index in [0.29, 0.717) is 5.56 Å². The number of carboxylic acids is 1. The number of aliphatic carboxylic acids is 1. The van der Waals surface area contributed by atoms with Gasteiger partial charge in [-0.2, -0.15) is 0 Å². The lowest BCUT2D eigenvalue weighted by molar-refractivity contribution is -0.135. The Balaban J connectivity index is 2.94. The number of hydrogen-bond donors (Lipinski definition) is 2. The monoisotopic (exact) mass is 227 g/mol. The molecule has 0 fully saturated rings. The maximum atomic E-state index is 11.6. The lowest BCUT2D eigenvalue weighted by Gasteiger charge is -2.06. The zero-order valence-electron chi connectivity index (χ0n) is 9.06.